The monoisotopic (exact) mass is 355 g/mol. The van der Waals surface area contributed by atoms with E-state index in [4.69, 9.17) is 0 Å². The number of aryl methyl sites for hydroxylation is 3. The van der Waals surface area contributed by atoms with Crippen molar-refractivity contribution >= 4 is 11.6 Å². The lowest BCUT2D eigenvalue weighted by Gasteiger charge is -2.10. The average molecular weight is 355 g/mol. The Morgan fingerprint density at radius 3 is 2.54 bits per heavy atom. The van der Waals surface area contributed by atoms with Gasteiger partial charge in [0, 0.05) is 11.4 Å². The molecule has 0 fully saturated rings. The van der Waals surface area contributed by atoms with Gasteiger partial charge in [0.15, 0.2) is 5.82 Å². The average Bonchev–Trinajstić information content (AvgIpc) is 2.90. The van der Waals surface area contributed by atoms with Crippen molar-refractivity contribution in [2.75, 3.05) is 5.32 Å². The third kappa shape index (κ3) is 3.13. The van der Waals surface area contributed by atoms with E-state index in [9.17, 15) is 14.0 Å². The van der Waals surface area contributed by atoms with Crippen molar-refractivity contribution in [3.8, 4) is 5.69 Å². The number of amides is 1. The van der Waals surface area contributed by atoms with Crippen LogP contribution in [0, 0.1) is 33.5 Å². The maximum Gasteiger partial charge on any atom is 0.277 e. The molecule has 0 bridgehead atoms. The molecule has 0 saturated carbocycles. The van der Waals surface area contributed by atoms with E-state index in [0.29, 0.717) is 11.3 Å². The number of hydrogen-bond acceptors (Lipinski definition) is 4. The zero-order valence-corrected chi connectivity index (χ0v) is 14.8. The fraction of sp³-hybridized carbons (Fsp3) is 0.222. The molecule has 0 saturated heterocycles. The Morgan fingerprint density at radius 2 is 1.92 bits per heavy atom. The third-order valence-electron chi connectivity index (χ3n) is 4.14. The minimum Gasteiger partial charge on any atom is -0.322 e. The lowest BCUT2D eigenvalue weighted by Crippen LogP contribution is -2.26. The van der Waals surface area contributed by atoms with Gasteiger partial charge in [-0.05, 0) is 57.5 Å². The lowest BCUT2D eigenvalue weighted by atomic mass is 10.1. The molecule has 0 atom stereocenters. The first kappa shape index (κ1) is 17.5. The predicted octanol–water partition coefficient (Wildman–Crippen LogP) is 2.58. The van der Waals surface area contributed by atoms with Gasteiger partial charge < -0.3 is 5.32 Å². The largest absolute Gasteiger partial charge is 0.322 e. The van der Waals surface area contributed by atoms with Crippen LogP contribution in [-0.4, -0.2) is 25.9 Å². The van der Waals surface area contributed by atoms with Crippen molar-refractivity contribution in [3.05, 3.63) is 68.6 Å². The third-order valence-corrected chi connectivity index (χ3v) is 4.14. The summed E-state index contributed by atoms with van der Waals surface area (Å²) in [5, 5.41) is 12.9. The highest BCUT2D eigenvalue weighted by Gasteiger charge is 2.17. The zero-order chi connectivity index (χ0) is 19.0. The van der Waals surface area contributed by atoms with Crippen LogP contribution in [0.1, 0.15) is 33.0 Å². The smallest absolute Gasteiger partial charge is 0.277 e. The molecule has 3 aromatic rings. The van der Waals surface area contributed by atoms with Crippen LogP contribution in [0.4, 0.5) is 10.1 Å². The molecule has 3 rings (SSSR count). The van der Waals surface area contributed by atoms with Gasteiger partial charge in [-0.15, -0.1) is 0 Å². The Morgan fingerprint density at radius 1 is 1.19 bits per heavy atom. The summed E-state index contributed by atoms with van der Waals surface area (Å²) in [7, 11) is 0. The number of nitrogens with one attached hydrogen (secondary N) is 2. The van der Waals surface area contributed by atoms with E-state index in [1.165, 1.54) is 16.8 Å². The Balaban J connectivity index is 1.92. The maximum absolute atomic E-state index is 14.5. The first-order chi connectivity index (χ1) is 12.3. The molecule has 2 heterocycles. The van der Waals surface area contributed by atoms with E-state index in [1.54, 1.807) is 19.9 Å². The number of carbonyl (C=O) groups excluding carboxylic acids is 1. The second-order valence-electron chi connectivity index (χ2n) is 6.10. The first-order valence-electron chi connectivity index (χ1n) is 7.98. The lowest BCUT2D eigenvalue weighted by molar-refractivity contribution is 0.102. The van der Waals surface area contributed by atoms with Crippen LogP contribution in [0.15, 0.2) is 29.1 Å². The molecule has 26 heavy (non-hydrogen) atoms. The van der Waals surface area contributed by atoms with Crippen LogP contribution in [-0.2, 0) is 0 Å². The van der Waals surface area contributed by atoms with Crippen molar-refractivity contribution in [2.24, 2.45) is 0 Å². The fourth-order valence-electron chi connectivity index (χ4n) is 2.72. The molecule has 2 N–H and O–H groups in total. The van der Waals surface area contributed by atoms with E-state index in [0.717, 1.165) is 11.4 Å². The van der Waals surface area contributed by atoms with E-state index in [1.807, 2.05) is 19.9 Å². The number of aromatic nitrogens is 4. The van der Waals surface area contributed by atoms with Gasteiger partial charge in [-0.1, -0.05) is 0 Å². The molecule has 1 aromatic carbocycles. The van der Waals surface area contributed by atoms with Gasteiger partial charge in [-0.3, -0.25) is 9.59 Å². The van der Waals surface area contributed by atoms with Gasteiger partial charge in [0.1, 0.15) is 11.3 Å². The van der Waals surface area contributed by atoms with Gasteiger partial charge in [0.05, 0.1) is 11.4 Å². The van der Waals surface area contributed by atoms with Gasteiger partial charge in [0.2, 0.25) is 0 Å². The highest BCUT2D eigenvalue weighted by atomic mass is 19.1. The minimum absolute atomic E-state index is 0.0412. The summed E-state index contributed by atoms with van der Waals surface area (Å²) in [6.07, 6.45) is 0. The normalized spacial score (nSPS) is 10.8. The van der Waals surface area contributed by atoms with Crippen molar-refractivity contribution in [3.63, 3.8) is 0 Å². The fourth-order valence-corrected chi connectivity index (χ4v) is 2.72. The van der Waals surface area contributed by atoms with Crippen LogP contribution < -0.4 is 10.9 Å². The van der Waals surface area contributed by atoms with E-state index < -0.39 is 17.3 Å². The highest BCUT2D eigenvalue weighted by molar-refractivity contribution is 6.05. The van der Waals surface area contributed by atoms with Crippen molar-refractivity contribution in [1.82, 2.24) is 20.0 Å². The second-order valence-corrected chi connectivity index (χ2v) is 6.10. The summed E-state index contributed by atoms with van der Waals surface area (Å²) < 4.78 is 16.0. The zero-order valence-electron chi connectivity index (χ0n) is 14.8. The molecule has 2 aromatic heterocycles. The molecule has 8 heteroatoms. The molecular formula is C18H18FN5O2. The number of halogens is 1. The number of carbonyl (C=O) groups is 1. The van der Waals surface area contributed by atoms with Crippen LogP contribution in [0.25, 0.3) is 5.69 Å². The van der Waals surface area contributed by atoms with Gasteiger partial charge in [-0.2, -0.15) is 10.2 Å². The maximum atomic E-state index is 14.5. The number of hydrogen-bond donors (Lipinski definition) is 2. The number of anilines is 1. The van der Waals surface area contributed by atoms with Crippen LogP contribution in [0.2, 0.25) is 0 Å². The van der Waals surface area contributed by atoms with Crippen LogP contribution in [0.5, 0.6) is 0 Å². The molecule has 0 aliphatic rings. The standard InChI is InChI=1S/C18H18FN5O2/c1-9-7-10(2)24(23-9)15-6-5-13(8-14(15)19)20-17(25)16-11(3)12(4)21-22-18(16)26/h5-8H,1-4H3,(H,20,25)(H,22,26). The highest BCUT2D eigenvalue weighted by Crippen LogP contribution is 2.20. The summed E-state index contributed by atoms with van der Waals surface area (Å²) in [6, 6.07) is 6.13. The number of rotatable bonds is 3. The topological polar surface area (TPSA) is 92.7 Å². The van der Waals surface area contributed by atoms with Crippen molar-refractivity contribution < 1.29 is 9.18 Å². The molecule has 0 spiro atoms. The Bertz CT molecular complexity index is 1070. The predicted molar refractivity (Wildman–Crippen MR) is 95.3 cm³/mol. The van der Waals surface area contributed by atoms with Crippen LogP contribution >= 0.6 is 0 Å². The van der Waals surface area contributed by atoms with Gasteiger partial charge in [0.25, 0.3) is 11.5 Å². The van der Waals surface area contributed by atoms with Crippen molar-refractivity contribution in [1.29, 1.82) is 0 Å². The molecule has 0 aliphatic carbocycles. The number of aromatic amines is 1. The molecule has 0 unspecified atom stereocenters. The van der Waals surface area contributed by atoms with Gasteiger partial charge >= 0.3 is 0 Å². The van der Waals surface area contributed by atoms with E-state index >= 15 is 0 Å². The van der Waals surface area contributed by atoms with E-state index in [-0.39, 0.29) is 16.9 Å². The quantitative estimate of drug-likeness (QED) is 0.755. The minimum atomic E-state index is -0.618. The number of nitrogens with zero attached hydrogens (tertiary/aromatic N) is 3. The Kier molecular flexibility index (Phi) is 4.41. The summed E-state index contributed by atoms with van der Waals surface area (Å²) >= 11 is 0. The Hall–Kier alpha value is -3.29. The molecule has 0 radical (unpaired) electrons. The summed E-state index contributed by atoms with van der Waals surface area (Å²) in [4.78, 5) is 24.3. The van der Waals surface area contributed by atoms with Gasteiger partial charge in [-0.25, -0.2) is 14.2 Å². The SMILES string of the molecule is Cc1cc(C)n(-c2ccc(NC(=O)c3c(C)c(C)n[nH]c3=O)cc2F)n1. The van der Waals surface area contributed by atoms with E-state index in [2.05, 4.69) is 20.6 Å². The first-order valence-corrected chi connectivity index (χ1v) is 7.98. The second kappa shape index (κ2) is 6.55. The summed E-state index contributed by atoms with van der Waals surface area (Å²) in [5.41, 5.74) is 2.49. The molecule has 0 aliphatic heterocycles. The molecule has 134 valence electrons. The summed E-state index contributed by atoms with van der Waals surface area (Å²) in [5.74, 6) is -1.15. The molecular weight excluding hydrogens is 337 g/mol. The number of benzene rings is 1. The van der Waals surface area contributed by atoms with Crippen LogP contribution in [0.3, 0.4) is 0 Å². The van der Waals surface area contributed by atoms with Crippen molar-refractivity contribution in [2.45, 2.75) is 27.7 Å². The summed E-state index contributed by atoms with van der Waals surface area (Å²) in [6.45, 7) is 6.98. The molecule has 7 nitrogen and oxygen atoms in total. The molecule has 1 amide bonds. The number of H-pyrrole nitrogens is 1. The Labute approximate surface area is 148 Å².